The van der Waals surface area contributed by atoms with Crippen molar-refractivity contribution in [1.82, 2.24) is 0 Å². The highest BCUT2D eigenvalue weighted by molar-refractivity contribution is 5.66. The van der Waals surface area contributed by atoms with E-state index in [1.54, 1.807) is 0 Å². The van der Waals surface area contributed by atoms with Crippen LogP contribution >= 0.6 is 0 Å². The summed E-state index contributed by atoms with van der Waals surface area (Å²) in [5, 5.41) is 8.44. The SMILES string of the molecule is CCc1cccc(OCCCC(=O)O)c1. The molecule has 0 aliphatic heterocycles. The number of rotatable bonds is 6. The van der Waals surface area contributed by atoms with Crippen molar-refractivity contribution in [1.29, 1.82) is 0 Å². The predicted molar refractivity (Wildman–Crippen MR) is 58.2 cm³/mol. The number of benzene rings is 1. The van der Waals surface area contributed by atoms with E-state index in [1.165, 1.54) is 5.56 Å². The van der Waals surface area contributed by atoms with Crippen molar-refractivity contribution in [3.05, 3.63) is 29.8 Å². The van der Waals surface area contributed by atoms with E-state index >= 15 is 0 Å². The average molecular weight is 208 g/mol. The van der Waals surface area contributed by atoms with Crippen molar-refractivity contribution >= 4 is 5.97 Å². The molecular weight excluding hydrogens is 192 g/mol. The number of hydrogen-bond acceptors (Lipinski definition) is 2. The molecule has 1 aromatic rings. The Labute approximate surface area is 89.7 Å². The Morgan fingerprint density at radius 3 is 2.93 bits per heavy atom. The van der Waals surface area contributed by atoms with E-state index in [9.17, 15) is 4.79 Å². The lowest BCUT2D eigenvalue weighted by Crippen LogP contribution is -2.02. The normalized spacial score (nSPS) is 9.93. The lowest BCUT2D eigenvalue weighted by molar-refractivity contribution is -0.137. The number of carboxylic acid groups (broad SMARTS) is 1. The lowest BCUT2D eigenvalue weighted by Gasteiger charge is -2.06. The molecule has 3 heteroatoms. The van der Waals surface area contributed by atoms with Crippen LogP contribution < -0.4 is 4.74 Å². The zero-order valence-corrected chi connectivity index (χ0v) is 8.90. The Hall–Kier alpha value is -1.51. The van der Waals surface area contributed by atoms with Crippen LogP contribution in [0.25, 0.3) is 0 Å². The van der Waals surface area contributed by atoms with E-state index in [4.69, 9.17) is 9.84 Å². The number of aliphatic carboxylic acids is 1. The van der Waals surface area contributed by atoms with E-state index < -0.39 is 5.97 Å². The van der Waals surface area contributed by atoms with Crippen molar-refractivity contribution < 1.29 is 14.6 Å². The molecule has 0 bridgehead atoms. The summed E-state index contributed by atoms with van der Waals surface area (Å²) < 4.78 is 5.44. The third kappa shape index (κ3) is 4.49. The molecule has 0 aliphatic rings. The molecule has 0 saturated heterocycles. The van der Waals surface area contributed by atoms with Crippen molar-refractivity contribution in [2.75, 3.05) is 6.61 Å². The summed E-state index contributed by atoms with van der Waals surface area (Å²) >= 11 is 0. The Balaban J connectivity index is 2.33. The second-order valence-electron chi connectivity index (χ2n) is 3.35. The Bertz CT molecular complexity index is 320. The molecular formula is C12H16O3. The molecule has 0 fully saturated rings. The molecule has 0 spiro atoms. The molecule has 1 aromatic carbocycles. The number of carboxylic acids is 1. The van der Waals surface area contributed by atoms with E-state index in [0.717, 1.165) is 12.2 Å². The maximum absolute atomic E-state index is 10.3. The van der Waals surface area contributed by atoms with Gasteiger partial charge >= 0.3 is 5.97 Å². The smallest absolute Gasteiger partial charge is 0.303 e. The van der Waals surface area contributed by atoms with E-state index in [2.05, 4.69) is 6.92 Å². The van der Waals surface area contributed by atoms with Gasteiger partial charge in [-0.25, -0.2) is 0 Å². The van der Waals surface area contributed by atoms with Crippen LogP contribution in [-0.4, -0.2) is 17.7 Å². The van der Waals surface area contributed by atoms with Gasteiger partial charge < -0.3 is 9.84 Å². The number of aryl methyl sites for hydroxylation is 1. The van der Waals surface area contributed by atoms with Gasteiger partial charge in [0, 0.05) is 6.42 Å². The lowest BCUT2D eigenvalue weighted by atomic mass is 10.2. The Kier molecular flexibility index (Phi) is 4.68. The third-order valence-electron chi connectivity index (χ3n) is 2.11. The molecule has 1 rings (SSSR count). The molecule has 0 amide bonds. The molecule has 0 heterocycles. The van der Waals surface area contributed by atoms with Crippen molar-refractivity contribution in [3.8, 4) is 5.75 Å². The molecule has 0 atom stereocenters. The third-order valence-corrected chi connectivity index (χ3v) is 2.11. The molecule has 3 nitrogen and oxygen atoms in total. The Morgan fingerprint density at radius 2 is 2.27 bits per heavy atom. The Morgan fingerprint density at radius 1 is 1.47 bits per heavy atom. The number of hydrogen-bond donors (Lipinski definition) is 1. The van der Waals surface area contributed by atoms with Gasteiger partial charge in [-0.3, -0.25) is 4.79 Å². The van der Waals surface area contributed by atoms with Crippen LogP contribution in [0.3, 0.4) is 0 Å². The molecule has 1 N–H and O–H groups in total. The van der Waals surface area contributed by atoms with E-state index in [0.29, 0.717) is 13.0 Å². The zero-order chi connectivity index (χ0) is 11.1. The summed E-state index contributed by atoms with van der Waals surface area (Å²) in [4.78, 5) is 10.3. The van der Waals surface area contributed by atoms with Gasteiger partial charge in [0.05, 0.1) is 6.61 Å². The van der Waals surface area contributed by atoms with Crippen molar-refractivity contribution in [2.24, 2.45) is 0 Å². The van der Waals surface area contributed by atoms with Gasteiger partial charge in [-0.15, -0.1) is 0 Å². The first-order valence-electron chi connectivity index (χ1n) is 5.16. The molecule has 0 radical (unpaired) electrons. The van der Waals surface area contributed by atoms with Crippen LogP contribution in [0.5, 0.6) is 5.75 Å². The highest BCUT2D eigenvalue weighted by Crippen LogP contribution is 2.13. The van der Waals surface area contributed by atoms with Crippen LogP contribution in [0, 0.1) is 0 Å². The van der Waals surface area contributed by atoms with Crippen molar-refractivity contribution in [3.63, 3.8) is 0 Å². The minimum atomic E-state index is -0.777. The van der Waals surface area contributed by atoms with Crippen LogP contribution in [0.4, 0.5) is 0 Å². The molecule has 0 aliphatic carbocycles. The zero-order valence-electron chi connectivity index (χ0n) is 8.90. The first-order chi connectivity index (χ1) is 7.22. The summed E-state index contributed by atoms with van der Waals surface area (Å²) in [5.74, 6) is 0.0423. The minimum Gasteiger partial charge on any atom is -0.494 e. The summed E-state index contributed by atoms with van der Waals surface area (Å²) in [7, 11) is 0. The van der Waals surface area contributed by atoms with E-state index in [1.807, 2.05) is 24.3 Å². The van der Waals surface area contributed by atoms with Gasteiger partial charge in [0.2, 0.25) is 0 Å². The van der Waals surface area contributed by atoms with E-state index in [-0.39, 0.29) is 6.42 Å². The minimum absolute atomic E-state index is 0.160. The van der Waals surface area contributed by atoms with Crippen LogP contribution in [0.2, 0.25) is 0 Å². The van der Waals surface area contributed by atoms with Gasteiger partial charge in [-0.2, -0.15) is 0 Å². The fourth-order valence-electron chi connectivity index (χ4n) is 1.27. The fourth-order valence-corrected chi connectivity index (χ4v) is 1.27. The molecule has 0 saturated carbocycles. The average Bonchev–Trinajstić information content (AvgIpc) is 2.24. The number of carbonyl (C=O) groups is 1. The topological polar surface area (TPSA) is 46.5 Å². The molecule has 0 unspecified atom stereocenters. The summed E-state index contributed by atoms with van der Waals surface area (Å²) in [6.07, 6.45) is 1.69. The second kappa shape index (κ2) is 6.06. The van der Waals surface area contributed by atoms with Gasteiger partial charge in [-0.1, -0.05) is 19.1 Å². The standard InChI is InChI=1S/C12H16O3/c1-2-10-5-3-6-11(9-10)15-8-4-7-12(13)14/h3,5-6,9H,2,4,7-8H2,1H3,(H,13,14). The van der Waals surface area contributed by atoms with Crippen molar-refractivity contribution in [2.45, 2.75) is 26.2 Å². The summed E-state index contributed by atoms with van der Waals surface area (Å²) in [5.41, 5.74) is 1.23. The highest BCUT2D eigenvalue weighted by atomic mass is 16.5. The molecule has 82 valence electrons. The monoisotopic (exact) mass is 208 g/mol. The maximum atomic E-state index is 10.3. The second-order valence-corrected chi connectivity index (χ2v) is 3.35. The van der Waals surface area contributed by atoms with Gasteiger partial charge in [-0.05, 0) is 30.5 Å². The quantitative estimate of drug-likeness (QED) is 0.730. The van der Waals surface area contributed by atoms with Gasteiger partial charge in [0.25, 0.3) is 0 Å². The highest BCUT2D eigenvalue weighted by Gasteiger charge is 1.98. The van der Waals surface area contributed by atoms with Crippen LogP contribution in [0.15, 0.2) is 24.3 Å². The predicted octanol–water partition coefficient (Wildman–Crippen LogP) is 2.49. The first-order valence-corrected chi connectivity index (χ1v) is 5.16. The molecule has 15 heavy (non-hydrogen) atoms. The van der Waals surface area contributed by atoms with Crippen LogP contribution in [0.1, 0.15) is 25.3 Å². The first kappa shape index (κ1) is 11.6. The largest absolute Gasteiger partial charge is 0.494 e. The summed E-state index contributed by atoms with van der Waals surface area (Å²) in [6, 6.07) is 7.87. The van der Waals surface area contributed by atoms with Gasteiger partial charge in [0.15, 0.2) is 0 Å². The number of ether oxygens (including phenoxy) is 1. The fraction of sp³-hybridized carbons (Fsp3) is 0.417. The summed E-state index contributed by atoms with van der Waals surface area (Å²) in [6.45, 7) is 2.54. The molecule has 0 aromatic heterocycles. The maximum Gasteiger partial charge on any atom is 0.303 e. The van der Waals surface area contributed by atoms with Crippen LogP contribution in [-0.2, 0) is 11.2 Å². The van der Waals surface area contributed by atoms with Gasteiger partial charge in [0.1, 0.15) is 5.75 Å².